The van der Waals surface area contributed by atoms with E-state index in [0.29, 0.717) is 17.1 Å². The van der Waals surface area contributed by atoms with Crippen LogP contribution in [0.1, 0.15) is 35.0 Å². The Bertz CT molecular complexity index is 1020. The Labute approximate surface area is 174 Å². The van der Waals surface area contributed by atoms with Crippen molar-refractivity contribution in [1.29, 1.82) is 0 Å². The second kappa shape index (κ2) is 9.25. The number of benzene rings is 2. The van der Waals surface area contributed by atoms with Gasteiger partial charge in [0, 0.05) is 23.6 Å². The number of thiazole rings is 1. The van der Waals surface area contributed by atoms with Crippen molar-refractivity contribution in [1.82, 2.24) is 10.3 Å². The average molecular weight is 438 g/mol. The number of halogens is 4. The molecule has 2 aromatic carbocycles. The van der Waals surface area contributed by atoms with E-state index in [0.717, 1.165) is 29.9 Å². The molecule has 0 aliphatic heterocycles. The number of amides is 1. The van der Waals surface area contributed by atoms with Gasteiger partial charge in [-0.2, -0.15) is 13.2 Å². The standard InChI is InChI=1S/C21H18F4N2O2S/c1-2-9-26-19(28)18-12-30-20(27-18)16-8-7-15(10-17(16)22)29-11-13-3-5-14(6-4-13)21(23,24)25/h3-8,10,12H,2,9,11H2,1H3,(H,26,28). The molecule has 0 aliphatic rings. The molecular formula is C21H18F4N2O2S. The number of carbonyl (C=O) groups excluding carboxylic acids is 1. The van der Waals surface area contributed by atoms with Crippen molar-refractivity contribution in [2.75, 3.05) is 6.54 Å². The molecule has 0 saturated carbocycles. The lowest BCUT2D eigenvalue weighted by molar-refractivity contribution is -0.137. The summed E-state index contributed by atoms with van der Waals surface area (Å²) in [5.74, 6) is -0.653. The number of hydrogen-bond donors (Lipinski definition) is 1. The molecule has 0 fully saturated rings. The number of rotatable bonds is 7. The molecule has 0 atom stereocenters. The van der Waals surface area contributed by atoms with E-state index in [1.54, 1.807) is 11.4 Å². The smallest absolute Gasteiger partial charge is 0.416 e. The van der Waals surface area contributed by atoms with Gasteiger partial charge < -0.3 is 10.1 Å². The number of ether oxygens (including phenoxy) is 1. The Morgan fingerprint density at radius 1 is 1.17 bits per heavy atom. The lowest BCUT2D eigenvalue weighted by atomic mass is 10.1. The highest BCUT2D eigenvalue weighted by Gasteiger charge is 2.29. The van der Waals surface area contributed by atoms with Gasteiger partial charge in [-0.1, -0.05) is 19.1 Å². The topological polar surface area (TPSA) is 51.2 Å². The summed E-state index contributed by atoms with van der Waals surface area (Å²) in [6, 6.07) is 8.78. The van der Waals surface area contributed by atoms with Crippen molar-refractivity contribution in [3.05, 3.63) is 70.5 Å². The maximum atomic E-state index is 14.5. The zero-order valence-corrected chi connectivity index (χ0v) is 16.7. The summed E-state index contributed by atoms with van der Waals surface area (Å²) >= 11 is 1.15. The van der Waals surface area contributed by atoms with Crippen molar-refractivity contribution in [3.8, 4) is 16.3 Å². The number of carbonyl (C=O) groups is 1. The van der Waals surface area contributed by atoms with Crippen molar-refractivity contribution in [2.45, 2.75) is 26.1 Å². The van der Waals surface area contributed by atoms with E-state index in [1.165, 1.54) is 24.3 Å². The van der Waals surface area contributed by atoms with Gasteiger partial charge in [-0.3, -0.25) is 4.79 Å². The molecule has 30 heavy (non-hydrogen) atoms. The van der Waals surface area contributed by atoms with E-state index in [9.17, 15) is 22.4 Å². The monoisotopic (exact) mass is 438 g/mol. The number of aromatic nitrogens is 1. The van der Waals surface area contributed by atoms with E-state index < -0.39 is 17.6 Å². The fourth-order valence-electron chi connectivity index (χ4n) is 2.55. The van der Waals surface area contributed by atoms with E-state index in [-0.39, 0.29) is 29.5 Å². The van der Waals surface area contributed by atoms with Crippen molar-refractivity contribution in [2.24, 2.45) is 0 Å². The van der Waals surface area contributed by atoms with Crippen LogP contribution in [0.4, 0.5) is 17.6 Å². The minimum atomic E-state index is -4.40. The van der Waals surface area contributed by atoms with Crippen LogP contribution in [0, 0.1) is 5.82 Å². The van der Waals surface area contributed by atoms with Gasteiger partial charge in [0.1, 0.15) is 28.9 Å². The minimum absolute atomic E-state index is 0.00404. The molecule has 1 N–H and O–H groups in total. The van der Waals surface area contributed by atoms with Crippen molar-refractivity contribution >= 4 is 17.2 Å². The van der Waals surface area contributed by atoms with Crippen LogP contribution in [0.2, 0.25) is 0 Å². The largest absolute Gasteiger partial charge is 0.489 e. The third kappa shape index (κ3) is 5.35. The predicted octanol–water partition coefficient (Wildman–Crippen LogP) is 5.69. The first-order valence-corrected chi connectivity index (χ1v) is 9.98. The van der Waals surface area contributed by atoms with E-state index in [2.05, 4.69) is 10.3 Å². The van der Waals surface area contributed by atoms with Crippen LogP contribution in [0.25, 0.3) is 10.6 Å². The molecule has 4 nitrogen and oxygen atoms in total. The quantitative estimate of drug-likeness (QED) is 0.483. The van der Waals surface area contributed by atoms with Gasteiger partial charge >= 0.3 is 6.18 Å². The zero-order chi connectivity index (χ0) is 21.7. The minimum Gasteiger partial charge on any atom is -0.489 e. The summed E-state index contributed by atoms with van der Waals surface area (Å²) in [7, 11) is 0. The Morgan fingerprint density at radius 3 is 2.53 bits per heavy atom. The van der Waals surface area contributed by atoms with Gasteiger partial charge in [-0.15, -0.1) is 11.3 Å². The Balaban J connectivity index is 1.66. The molecule has 1 amide bonds. The van der Waals surface area contributed by atoms with Crippen LogP contribution >= 0.6 is 11.3 Å². The number of alkyl halides is 3. The lowest BCUT2D eigenvalue weighted by Crippen LogP contribution is -2.24. The van der Waals surface area contributed by atoms with Gasteiger partial charge in [-0.05, 0) is 36.2 Å². The third-order valence-corrected chi connectivity index (χ3v) is 5.01. The normalized spacial score (nSPS) is 11.4. The Kier molecular flexibility index (Phi) is 6.71. The molecule has 1 heterocycles. The van der Waals surface area contributed by atoms with Crippen molar-refractivity contribution < 1.29 is 27.1 Å². The Hall–Kier alpha value is -2.94. The van der Waals surface area contributed by atoms with Crippen LogP contribution in [0.15, 0.2) is 47.8 Å². The van der Waals surface area contributed by atoms with Gasteiger partial charge in [0.15, 0.2) is 0 Å². The second-order valence-corrected chi connectivity index (χ2v) is 7.28. The molecule has 0 aliphatic carbocycles. The molecule has 158 valence electrons. The molecule has 0 spiro atoms. The molecule has 0 bridgehead atoms. The highest BCUT2D eigenvalue weighted by atomic mass is 32.1. The summed E-state index contributed by atoms with van der Waals surface area (Å²) in [5.41, 5.74) is 0.241. The maximum Gasteiger partial charge on any atom is 0.416 e. The molecule has 3 rings (SSSR count). The summed E-state index contributed by atoms with van der Waals surface area (Å²) in [6.07, 6.45) is -3.60. The maximum absolute atomic E-state index is 14.5. The lowest BCUT2D eigenvalue weighted by Gasteiger charge is -2.10. The first-order chi connectivity index (χ1) is 14.3. The summed E-state index contributed by atoms with van der Waals surface area (Å²) in [5, 5.41) is 4.64. The summed E-state index contributed by atoms with van der Waals surface area (Å²) < 4.78 is 57.8. The van der Waals surface area contributed by atoms with Crippen LogP contribution in [0.3, 0.4) is 0 Å². The molecule has 9 heteroatoms. The molecule has 0 radical (unpaired) electrons. The predicted molar refractivity (Wildman–Crippen MR) is 106 cm³/mol. The first-order valence-electron chi connectivity index (χ1n) is 9.10. The highest BCUT2D eigenvalue weighted by Crippen LogP contribution is 2.30. The fourth-order valence-corrected chi connectivity index (χ4v) is 3.37. The SMILES string of the molecule is CCCNC(=O)c1csc(-c2ccc(OCc3ccc(C(F)(F)F)cc3)cc2F)n1. The number of hydrogen-bond acceptors (Lipinski definition) is 4. The van der Waals surface area contributed by atoms with Crippen molar-refractivity contribution in [3.63, 3.8) is 0 Å². The van der Waals surface area contributed by atoms with Crippen LogP contribution in [0.5, 0.6) is 5.75 Å². The van der Waals surface area contributed by atoms with Gasteiger partial charge in [-0.25, -0.2) is 9.37 Å². The molecule has 1 aromatic heterocycles. The molecule has 0 unspecified atom stereocenters. The zero-order valence-electron chi connectivity index (χ0n) is 15.9. The highest BCUT2D eigenvalue weighted by molar-refractivity contribution is 7.13. The third-order valence-electron chi connectivity index (χ3n) is 4.13. The average Bonchev–Trinajstić information content (AvgIpc) is 3.20. The van der Waals surface area contributed by atoms with E-state index in [1.807, 2.05) is 6.92 Å². The van der Waals surface area contributed by atoms with E-state index in [4.69, 9.17) is 4.74 Å². The van der Waals surface area contributed by atoms with E-state index >= 15 is 0 Å². The van der Waals surface area contributed by atoms with Gasteiger partial charge in [0.05, 0.1) is 5.56 Å². The van der Waals surface area contributed by atoms with Gasteiger partial charge in [0.25, 0.3) is 5.91 Å². The molecule has 3 aromatic rings. The first kappa shape index (κ1) is 21.8. The van der Waals surface area contributed by atoms with Crippen LogP contribution in [-0.4, -0.2) is 17.4 Å². The number of nitrogens with zero attached hydrogens (tertiary/aromatic N) is 1. The summed E-state index contributed by atoms with van der Waals surface area (Å²) in [4.78, 5) is 16.1. The fraction of sp³-hybridized carbons (Fsp3) is 0.238. The van der Waals surface area contributed by atoms with Crippen LogP contribution in [-0.2, 0) is 12.8 Å². The Morgan fingerprint density at radius 2 is 1.90 bits per heavy atom. The second-order valence-electron chi connectivity index (χ2n) is 6.42. The number of nitrogens with one attached hydrogen (secondary N) is 1. The van der Waals surface area contributed by atoms with Crippen LogP contribution < -0.4 is 10.1 Å². The summed E-state index contributed by atoms with van der Waals surface area (Å²) in [6.45, 7) is 2.46. The molecule has 0 saturated heterocycles. The molecular weight excluding hydrogens is 420 g/mol. The van der Waals surface area contributed by atoms with Gasteiger partial charge in [0.2, 0.25) is 0 Å².